The van der Waals surface area contributed by atoms with Gasteiger partial charge in [-0.15, -0.1) is 0 Å². The molecule has 21 heavy (non-hydrogen) atoms. The molecular formula is C18H23NO2. The predicted octanol–water partition coefficient (Wildman–Crippen LogP) is 3.56. The van der Waals surface area contributed by atoms with E-state index in [4.69, 9.17) is 14.5 Å². The van der Waals surface area contributed by atoms with Crippen LogP contribution in [0.15, 0.2) is 41.4 Å². The lowest BCUT2D eigenvalue weighted by atomic mass is 10.1. The summed E-state index contributed by atoms with van der Waals surface area (Å²) in [6, 6.07) is 10.3. The van der Waals surface area contributed by atoms with Crippen molar-refractivity contribution < 1.29 is 9.47 Å². The predicted molar refractivity (Wildman–Crippen MR) is 85.3 cm³/mol. The van der Waals surface area contributed by atoms with Gasteiger partial charge in [-0.05, 0) is 19.4 Å². The fraction of sp³-hybridized carbons (Fsp3) is 0.500. The van der Waals surface area contributed by atoms with Gasteiger partial charge in [-0.3, -0.25) is 0 Å². The minimum absolute atomic E-state index is 0.111. The molecule has 1 aliphatic heterocycles. The molecule has 1 aliphatic carbocycles. The topological polar surface area (TPSA) is 30.8 Å². The van der Waals surface area contributed by atoms with Crippen LogP contribution in [0.25, 0.3) is 6.08 Å². The van der Waals surface area contributed by atoms with Crippen molar-refractivity contribution in [1.82, 2.24) is 0 Å². The maximum atomic E-state index is 5.83. The van der Waals surface area contributed by atoms with E-state index in [-0.39, 0.29) is 17.1 Å². The lowest BCUT2D eigenvalue weighted by Gasteiger charge is -2.11. The van der Waals surface area contributed by atoms with Crippen LogP contribution in [0.2, 0.25) is 0 Å². The first-order valence-corrected chi connectivity index (χ1v) is 7.50. The van der Waals surface area contributed by atoms with Crippen LogP contribution in [0.5, 0.6) is 0 Å². The zero-order valence-electron chi connectivity index (χ0n) is 13.2. The Morgan fingerprint density at radius 3 is 2.57 bits per heavy atom. The molecule has 3 heteroatoms. The summed E-state index contributed by atoms with van der Waals surface area (Å²) in [5.41, 5.74) is 0.788. The van der Waals surface area contributed by atoms with E-state index in [0.717, 1.165) is 5.90 Å². The molecule has 1 saturated carbocycles. The summed E-state index contributed by atoms with van der Waals surface area (Å²) in [6.45, 7) is 7.05. The minimum Gasteiger partial charge on any atom is -0.478 e. The molecule has 1 aromatic rings. The third kappa shape index (κ3) is 2.51. The quantitative estimate of drug-likeness (QED) is 0.847. The number of hydrogen-bond donors (Lipinski definition) is 0. The van der Waals surface area contributed by atoms with E-state index in [2.05, 4.69) is 45.1 Å². The second-order valence-corrected chi connectivity index (χ2v) is 6.62. The van der Waals surface area contributed by atoms with Crippen LogP contribution in [0.3, 0.4) is 0 Å². The van der Waals surface area contributed by atoms with E-state index in [1.165, 1.54) is 5.56 Å². The molecule has 112 valence electrons. The average Bonchev–Trinajstić information content (AvgIpc) is 2.89. The second-order valence-electron chi connectivity index (χ2n) is 6.62. The Balaban J connectivity index is 1.81. The van der Waals surface area contributed by atoms with E-state index in [9.17, 15) is 0 Å². The van der Waals surface area contributed by atoms with Crippen LogP contribution < -0.4 is 0 Å². The minimum atomic E-state index is -0.283. The Bertz CT molecular complexity index is 576. The number of methoxy groups -OCH3 is 1. The zero-order valence-corrected chi connectivity index (χ0v) is 13.2. The lowest BCUT2D eigenvalue weighted by molar-refractivity contribution is 0.102. The second kappa shape index (κ2) is 4.99. The standard InChI is InChI=1S/C18H23NO2/c1-13-15(16-19-17(2,3)12-21-16)18(13,20-4)11-10-14-8-6-5-7-9-14/h5-11,13,15H,12H2,1-4H3/b11-10+/t13-,15+,18+/m1/s1. The maximum Gasteiger partial charge on any atom is 0.190 e. The van der Waals surface area contributed by atoms with E-state index < -0.39 is 0 Å². The van der Waals surface area contributed by atoms with Gasteiger partial charge in [0.05, 0.1) is 11.5 Å². The summed E-state index contributed by atoms with van der Waals surface area (Å²) in [5.74, 6) is 1.46. The smallest absolute Gasteiger partial charge is 0.190 e. The van der Waals surface area contributed by atoms with E-state index in [1.807, 2.05) is 18.2 Å². The van der Waals surface area contributed by atoms with Crippen molar-refractivity contribution in [2.45, 2.75) is 31.9 Å². The highest BCUT2D eigenvalue weighted by atomic mass is 16.5. The van der Waals surface area contributed by atoms with Gasteiger partial charge in [0, 0.05) is 13.0 Å². The van der Waals surface area contributed by atoms with E-state index in [1.54, 1.807) is 7.11 Å². The highest BCUT2D eigenvalue weighted by molar-refractivity contribution is 5.87. The first-order valence-electron chi connectivity index (χ1n) is 7.50. The van der Waals surface area contributed by atoms with Crippen molar-refractivity contribution in [3.05, 3.63) is 42.0 Å². The Morgan fingerprint density at radius 1 is 1.29 bits per heavy atom. The Kier molecular flexibility index (Phi) is 3.40. The molecular weight excluding hydrogens is 262 g/mol. The van der Waals surface area contributed by atoms with Crippen molar-refractivity contribution in [2.75, 3.05) is 13.7 Å². The van der Waals surface area contributed by atoms with Gasteiger partial charge >= 0.3 is 0 Å². The first kappa shape index (κ1) is 14.3. The first-order chi connectivity index (χ1) is 9.98. The normalized spacial score (nSPS) is 33.8. The molecule has 0 unspecified atom stereocenters. The van der Waals surface area contributed by atoms with Crippen molar-refractivity contribution in [1.29, 1.82) is 0 Å². The Labute approximate surface area is 126 Å². The molecule has 3 nitrogen and oxygen atoms in total. The highest BCUT2D eigenvalue weighted by Gasteiger charge is 2.65. The number of benzene rings is 1. The third-order valence-electron chi connectivity index (χ3n) is 4.53. The van der Waals surface area contributed by atoms with Gasteiger partial charge in [0.2, 0.25) is 0 Å². The molecule has 0 N–H and O–H groups in total. The van der Waals surface area contributed by atoms with Crippen molar-refractivity contribution in [2.24, 2.45) is 16.8 Å². The summed E-state index contributed by atoms with van der Waals surface area (Å²) < 4.78 is 11.6. The van der Waals surface area contributed by atoms with Crippen LogP contribution in [-0.2, 0) is 9.47 Å². The van der Waals surface area contributed by atoms with Crippen LogP contribution in [0.1, 0.15) is 26.3 Å². The number of rotatable bonds is 4. The van der Waals surface area contributed by atoms with Gasteiger partial charge in [0.15, 0.2) is 5.90 Å². The molecule has 3 atom stereocenters. The lowest BCUT2D eigenvalue weighted by Crippen LogP contribution is -2.17. The molecule has 0 bridgehead atoms. The molecule has 1 fully saturated rings. The molecule has 0 aromatic heterocycles. The molecule has 0 spiro atoms. The van der Waals surface area contributed by atoms with Gasteiger partial charge in [-0.1, -0.05) is 49.4 Å². The molecule has 0 saturated heterocycles. The van der Waals surface area contributed by atoms with Crippen LogP contribution in [0, 0.1) is 11.8 Å². The molecule has 0 radical (unpaired) electrons. The van der Waals surface area contributed by atoms with Crippen LogP contribution in [0.4, 0.5) is 0 Å². The van der Waals surface area contributed by atoms with Crippen LogP contribution in [-0.4, -0.2) is 30.8 Å². The van der Waals surface area contributed by atoms with E-state index >= 15 is 0 Å². The van der Waals surface area contributed by atoms with Gasteiger partial charge in [0.1, 0.15) is 12.2 Å². The number of hydrogen-bond acceptors (Lipinski definition) is 3. The molecule has 2 aliphatic rings. The monoisotopic (exact) mass is 285 g/mol. The third-order valence-corrected chi connectivity index (χ3v) is 4.53. The SMILES string of the molecule is CO[C@@]1(/C=C/c2ccccc2)[C@H](C)[C@H]1C1=NC(C)(C)CO1. The number of nitrogens with zero attached hydrogens (tertiary/aromatic N) is 1. The summed E-state index contributed by atoms with van der Waals surface area (Å²) in [4.78, 5) is 4.71. The van der Waals surface area contributed by atoms with Gasteiger partial charge in [-0.2, -0.15) is 0 Å². The van der Waals surface area contributed by atoms with Gasteiger partial charge in [0.25, 0.3) is 0 Å². The summed E-state index contributed by atoms with van der Waals surface area (Å²) >= 11 is 0. The Hall–Kier alpha value is -1.61. The Morgan fingerprint density at radius 2 is 2.00 bits per heavy atom. The molecule has 1 aromatic carbocycles. The zero-order chi connectivity index (χ0) is 15.1. The van der Waals surface area contributed by atoms with Crippen molar-refractivity contribution in [3.8, 4) is 0 Å². The number of ether oxygens (including phenoxy) is 2. The van der Waals surface area contributed by atoms with E-state index in [0.29, 0.717) is 12.5 Å². The van der Waals surface area contributed by atoms with Gasteiger partial charge in [-0.25, -0.2) is 4.99 Å². The summed E-state index contributed by atoms with van der Waals surface area (Å²) in [7, 11) is 1.77. The van der Waals surface area contributed by atoms with Crippen LogP contribution >= 0.6 is 0 Å². The summed E-state index contributed by atoms with van der Waals surface area (Å²) in [6.07, 6.45) is 4.29. The highest BCUT2D eigenvalue weighted by Crippen LogP contribution is 2.56. The fourth-order valence-corrected chi connectivity index (χ4v) is 3.16. The molecule has 0 amide bonds. The van der Waals surface area contributed by atoms with Gasteiger partial charge < -0.3 is 9.47 Å². The fourth-order valence-electron chi connectivity index (χ4n) is 3.16. The van der Waals surface area contributed by atoms with Crippen molar-refractivity contribution in [3.63, 3.8) is 0 Å². The largest absolute Gasteiger partial charge is 0.478 e. The molecule has 1 heterocycles. The maximum absolute atomic E-state index is 5.83. The summed E-state index contributed by atoms with van der Waals surface area (Å²) in [5, 5.41) is 0. The average molecular weight is 285 g/mol. The van der Waals surface area contributed by atoms with Crippen molar-refractivity contribution >= 4 is 12.0 Å². The number of aliphatic imine (C=N–C) groups is 1. The molecule has 3 rings (SSSR count).